The Kier molecular flexibility index (Phi) is 6.79. The second kappa shape index (κ2) is 6.51. The summed E-state index contributed by atoms with van der Waals surface area (Å²) in [6.07, 6.45) is 2.87. The van der Waals surface area contributed by atoms with Crippen molar-refractivity contribution in [3.63, 3.8) is 0 Å². The molecule has 0 saturated heterocycles. The van der Waals surface area contributed by atoms with Gasteiger partial charge in [0.2, 0.25) is 0 Å². The van der Waals surface area contributed by atoms with Crippen LogP contribution in [0.2, 0.25) is 12.0 Å². The van der Waals surface area contributed by atoms with Crippen LogP contribution in [0.4, 0.5) is 0 Å². The monoisotopic (exact) mass is 116 g/mol. The molecule has 0 aliphatic carbocycles. The molecule has 0 fully saturated rings. The first-order chi connectivity index (χ1) is 4.35. The molecule has 0 amide bonds. The molecule has 0 aromatic rings. The van der Waals surface area contributed by atoms with Crippen LogP contribution in [-0.2, 0) is 0 Å². The third kappa shape index (κ3) is 4.87. The molecule has 0 rings (SSSR count). The third-order valence-electron chi connectivity index (χ3n) is 2.12. The van der Waals surface area contributed by atoms with Crippen molar-refractivity contribution in [3.8, 4) is 0 Å². The van der Waals surface area contributed by atoms with Crippen molar-refractivity contribution in [2.75, 3.05) is 0 Å². The summed E-state index contributed by atoms with van der Waals surface area (Å²) in [7, 11) is 11.0. The highest BCUT2D eigenvalue weighted by molar-refractivity contribution is 7.03. The molecule has 0 saturated carbocycles. The zero-order valence-corrected chi connectivity index (χ0v) is 7.11. The van der Waals surface area contributed by atoms with Gasteiger partial charge in [-0.3, -0.25) is 0 Å². The fourth-order valence-electron chi connectivity index (χ4n) is 1.19. The Morgan fingerprint density at radius 1 is 1.11 bits per heavy atom. The van der Waals surface area contributed by atoms with E-state index in [1.165, 1.54) is 34.3 Å². The van der Waals surface area contributed by atoms with E-state index in [0.29, 0.717) is 0 Å². The van der Waals surface area contributed by atoms with Gasteiger partial charge < -0.3 is 0 Å². The molecule has 0 aliphatic heterocycles. The molecular weight excluding hydrogens is 101 g/mol. The summed E-state index contributed by atoms with van der Waals surface area (Å²) in [5.74, 6) is 0. The van der Waals surface area contributed by atoms with E-state index < -0.39 is 0 Å². The smallest absolute Gasteiger partial charge is 0.0821 e. The molecule has 0 heterocycles. The molecule has 0 aromatic carbocycles. The lowest BCUT2D eigenvalue weighted by Gasteiger charge is -2.07. The van der Waals surface area contributed by atoms with Gasteiger partial charge in [0.05, 0.1) is 44.7 Å². The van der Waals surface area contributed by atoms with Crippen LogP contribution in [0.3, 0.4) is 0 Å². The fraction of sp³-hybridized carbons (Fsp3) is 1.00. The maximum atomic E-state index is 2.30. The molecule has 0 aromatic heterocycles. The Balaban J connectivity index is 3.09. The SMILES string of the molecule is BBCCC(BB)BB. The largest absolute Gasteiger partial charge is 0.103 e. The fourth-order valence-corrected chi connectivity index (χ4v) is 1.19. The van der Waals surface area contributed by atoms with Crippen LogP contribution in [0.5, 0.6) is 0 Å². The summed E-state index contributed by atoms with van der Waals surface area (Å²) >= 11 is 0. The van der Waals surface area contributed by atoms with Gasteiger partial charge in [-0.1, -0.05) is 12.7 Å². The zero-order valence-electron chi connectivity index (χ0n) is 7.11. The van der Waals surface area contributed by atoms with Crippen LogP contribution in [0, 0.1) is 0 Å². The van der Waals surface area contributed by atoms with Crippen LogP contribution >= 0.6 is 0 Å². The Morgan fingerprint density at radius 3 is 2.00 bits per heavy atom. The first-order valence-corrected chi connectivity index (χ1v) is 4.35. The molecule has 0 unspecified atom stereocenters. The highest BCUT2D eigenvalue weighted by Gasteiger charge is 2.02. The normalized spacial score (nSPS) is 9.00. The minimum Gasteiger partial charge on any atom is -0.103 e. The molecule has 44 valence electrons. The first-order valence-electron chi connectivity index (χ1n) is 4.35. The lowest BCUT2D eigenvalue weighted by atomic mass is 9.28. The summed E-state index contributed by atoms with van der Waals surface area (Å²) in [6.45, 7) is 0. The number of hydrogen-bond donors (Lipinski definition) is 0. The maximum absolute atomic E-state index is 2.30. The summed E-state index contributed by atoms with van der Waals surface area (Å²) in [6, 6.07) is 0. The van der Waals surface area contributed by atoms with Crippen molar-refractivity contribution in [1.29, 1.82) is 0 Å². The van der Waals surface area contributed by atoms with Crippen molar-refractivity contribution < 1.29 is 0 Å². The van der Waals surface area contributed by atoms with E-state index in [0.717, 1.165) is 5.72 Å². The van der Waals surface area contributed by atoms with E-state index in [-0.39, 0.29) is 0 Å². The average molecular weight is 115 g/mol. The van der Waals surface area contributed by atoms with E-state index in [1.807, 2.05) is 0 Å². The predicted molar refractivity (Wildman–Crippen MR) is 60.3 cm³/mol. The summed E-state index contributed by atoms with van der Waals surface area (Å²) < 4.78 is 0. The highest BCUT2D eigenvalue weighted by Crippen LogP contribution is 2.06. The summed E-state index contributed by atoms with van der Waals surface area (Å²) in [5, 5.41) is 0. The Bertz CT molecular complexity index is 52.3. The summed E-state index contributed by atoms with van der Waals surface area (Å²) in [5.41, 5.74) is 1.00. The van der Waals surface area contributed by atoms with E-state index >= 15 is 0 Å². The second-order valence-electron chi connectivity index (χ2n) is 2.82. The van der Waals surface area contributed by atoms with Crippen molar-refractivity contribution in [3.05, 3.63) is 0 Å². The lowest BCUT2D eigenvalue weighted by molar-refractivity contribution is 1.01. The minimum atomic E-state index is 1.00. The molecule has 0 spiro atoms. The van der Waals surface area contributed by atoms with Crippen LogP contribution in [-0.4, -0.2) is 44.7 Å². The highest BCUT2D eigenvalue weighted by atomic mass is 13.8. The molecular formula is C3H14B6. The molecule has 6 heteroatoms. The molecule has 0 nitrogen and oxygen atoms in total. The predicted octanol–water partition coefficient (Wildman–Crippen LogP) is -3.51. The molecule has 0 N–H and O–H groups in total. The minimum absolute atomic E-state index is 1.00. The number of rotatable bonds is 5. The molecule has 0 aliphatic rings. The first kappa shape index (κ1) is 9.39. The molecule has 0 bridgehead atoms. The van der Waals surface area contributed by atoms with Gasteiger partial charge in [-0.05, 0) is 0 Å². The van der Waals surface area contributed by atoms with Gasteiger partial charge in [-0.25, -0.2) is 0 Å². The van der Waals surface area contributed by atoms with Gasteiger partial charge in [0.25, 0.3) is 0 Å². The van der Waals surface area contributed by atoms with E-state index in [9.17, 15) is 0 Å². The Hall–Kier alpha value is 0.390. The number of hydrogen-bond acceptors (Lipinski definition) is 0. The summed E-state index contributed by atoms with van der Waals surface area (Å²) in [4.78, 5) is 0. The van der Waals surface area contributed by atoms with E-state index in [4.69, 9.17) is 0 Å². The van der Waals surface area contributed by atoms with Crippen molar-refractivity contribution in [2.45, 2.75) is 18.5 Å². The van der Waals surface area contributed by atoms with Gasteiger partial charge in [0.15, 0.2) is 0 Å². The lowest BCUT2D eigenvalue weighted by Crippen LogP contribution is -2.12. The molecule has 0 atom stereocenters. The average Bonchev–Trinajstić information content (AvgIpc) is 1.91. The van der Waals surface area contributed by atoms with Crippen LogP contribution in [0.1, 0.15) is 6.42 Å². The zero-order chi connectivity index (χ0) is 7.11. The van der Waals surface area contributed by atoms with Gasteiger partial charge in [0.1, 0.15) is 0 Å². The van der Waals surface area contributed by atoms with Crippen molar-refractivity contribution >= 4 is 44.7 Å². The molecule has 0 radical (unpaired) electrons. The maximum Gasteiger partial charge on any atom is 0.0821 e. The topological polar surface area (TPSA) is 0 Å². The van der Waals surface area contributed by atoms with Gasteiger partial charge >= 0.3 is 0 Å². The van der Waals surface area contributed by atoms with Gasteiger partial charge in [-0.15, -0.1) is 5.72 Å². The van der Waals surface area contributed by atoms with E-state index in [2.05, 4.69) is 23.2 Å². The third-order valence-corrected chi connectivity index (χ3v) is 2.12. The molecule has 9 heavy (non-hydrogen) atoms. The van der Waals surface area contributed by atoms with Gasteiger partial charge in [-0.2, -0.15) is 0 Å². The van der Waals surface area contributed by atoms with Crippen molar-refractivity contribution in [2.24, 2.45) is 0 Å². The van der Waals surface area contributed by atoms with Crippen LogP contribution in [0.25, 0.3) is 0 Å². The van der Waals surface area contributed by atoms with E-state index in [1.54, 1.807) is 0 Å². The Morgan fingerprint density at radius 2 is 1.67 bits per heavy atom. The standard InChI is InChI=1S/C3H14B6/c4-7-2-1-3(8-5)9-6/h3,7-9H,1-2,4-6H2. The second-order valence-corrected chi connectivity index (χ2v) is 2.82. The quantitative estimate of drug-likeness (QED) is 0.326. The van der Waals surface area contributed by atoms with Crippen molar-refractivity contribution in [1.82, 2.24) is 0 Å². The van der Waals surface area contributed by atoms with Gasteiger partial charge in [0, 0.05) is 0 Å². The van der Waals surface area contributed by atoms with Crippen LogP contribution < -0.4 is 0 Å². The Labute approximate surface area is 63.8 Å². The van der Waals surface area contributed by atoms with Crippen LogP contribution in [0.15, 0.2) is 0 Å².